The Morgan fingerprint density at radius 2 is 2.47 bits per heavy atom. The molecule has 0 aromatic carbocycles. The molecule has 1 N–H and O–H groups in total. The van der Waals surface area contributed by atoms with Crippen LogP contribution in [0.4, 0.5) is 4.79 Å². The number of nitrogens with zero attached hydrogens (tertiary/aromatic N) is 1. The van der Waals surface area contributed by atoms with E-state index in [1.54, 1.807) is 4.90 Å². The summed E-state index contributed by atoms with van der Waals surface area (Å²) >= 11 is 0. The highest BCUT2D eigenvalue weighted by molar-refractivity contribution is 5.73. The second-order valence-corrected chi connectivity index (χ2v) is 4.48. The van der Waals surface area contributed by atoms with Gasteiger partial charge >= 0.3 is 6.09 Å². The van der Waals surface area contributed by atoms with Gasteiger partial charge in [-0.2, -0.15) is 0 Å². The fourth-order valence-electron chi connectivity index (χ4n) is 3.16. The first-order valence-electron chi connectivity index (χ1n) is 5.59. The van der Waals surface area contributed by atoms with E-state index >= 15 is 0 Å². The van der Waals surface area contributed by atoms with Crippen LogP contribution in [-0.4, -0.2) is 40.9 Å². The van der Waals surface area contributed by atoms with E-state index in [9.17, 15) is 9.90 Å². The molecule has 1 saturated carbocycles. The first-order chi connectivity index (χ1) is 7.24. The van der Waals surface area contributed by atoms with Gasteiger partial charge in [-0.05, 0) is 18.4 Å². The van der Waals surface area contributed by atoms with Gasteiger partial charge < -0.3 is 9.84 Å². The van der Waals surface area contributed by atoms with Gasteiger partial charge in [-0.15, -0.1) is 0 Å². The lowest BCUT2D eigenvalue weighted by Crippen LogP contribution is -2.39. The van der Waals surface area contributed by atoms with Crippen LogP contribution in [0.3, 0.4) is 0 Å². The van der Waals surface area contributed by atoms with E-state index < -0.39 is 6.10 Å². The van der Waals surface area contributed by atoms with Crippen LogP contribution in [0.15, 0.2) is 11.6 Å². The van der Waals surface area contributed by atoms with Crippen LogP contribution in [0.25, 0.3) is 0 Å². The largest absolute Gasteiger partial charge is 0.441 e. The van der Waals surface area contributed by atoms with Crippen LogP contribution in [0.1, 0.15) is 19.8 Å². The third-order valence-corrected chi connectivity index (χ3v) is 3.83. The zero-order valence-electron chi connectivity index (χ0n) is 8.72. The zero-order valence-corrected chi connectivity index (χ0v) is 8.72. The first kappa shape index (κ1) is 9.21. The topological polar surface area (TPSA) is 49.8 Å². The maximum Gasteiger partial charge on any atom is 0.410 e. The van der Waals surface area contributed by atoms with Crippen molar-refractivity contribution in [2.75, 3.05) is 6.54 Å². The lowest BCUT2D eigenvalue weighted by Gasteiger charge is -2.27. The van der Waals surface area contributed by atoms with E-state index in [1.165, 1.54) is 5.57 Å². The normalized spacial score (nSPS) is 42.7. The summed E-state index contributed by atoms with van der Waals surface area (Å²) in [5, 5.41) is 10.1. The van der Waals surface area contributed by atoms with Crippen molar-refractivity contribution in [3.63, 3.8) is 0 Å². The van der Waals surface area contributed by atoms with Crippen molar-refractivity contribution in [3.05, 3.63) is 11.6 Å². The molecule has 4 atom stereocenters. The maximum atomic E-state index is 11.5. The molecular formula is C11H15NO3. The summed E-state index contributed by atoms with van der Waals surface area (Å²) in [5.41, 5.74) is 1.21. The summed E-state index contributed by atoms with van der Waals surface area (Å²) < 4.78 is 5.24. The van der Waals surface area contributed by atoms with Crippen LogP contribution in [-0.2, 0) is 4.74 Å². The number of hydrogen-bond acceptors (Lipinski definition) is 3. The van der Waals surface area contributed by atoms with Crippen molar-refractivity contribution in [2.24, 2.45) is 5.92 Å². The fourth-order valence-corrected chi connectivity index (χ4v) is 3.16. The van der Waals surface area contributed by atoms with E-state index in [2.05, 4.69) is 13.0 Å². The van der Waals surface area contributed by atoms with Gasteiger partial charge in [-0.3, -0.25) is 4.90 Å². The smallest absolute Gasteiger partial charge is 0.410 e. The minimum absolute atomic E-state index is 0.0196. The van der Waals surface area contributed by atoms with E-state index in [1.807, 2.05) is 0 Å². The van der Waals surface area contributed by atoms with Crippen LogP contribution in [0.2, 0.25) is 0 Å². The number of hydrogen-bond donors (Lipinski definition) is 1. The minimum Gasteiger partial charge on any atom is -0.441 e. The van der Waals surface area contributed by atoms with Gasteiger partial charge in [0.25, 0.3) is 0 Å². The van der Waals surface area contributed by atoms with Crippen molar-refractivity contribution in [2.45, 2.75) is 38.0 Å². The monoisotopic (exact) mass is 209 g/mol. The third kappa shape index (κ3) is 1.03. The quantitative estimate of drug-likeness (QED) is 0.653. The minimum atomic E-state index is -0.515. The number of amides is 1. The maximum absolute atomic E-state index is 11.5. The zero-order chi connectivity index (χ0) is 10.6. The third-order valence-electron chi connectivity index (χ3n) is 3.83. The molecule has 0 spiro atoms. The van der Waals surface area contributed by atoms with Crippen molar-refractivity contribution in [1.29, 1.82) is 0 Å². The number of aliphatic hydroxyl groups excluding tert-OH is 1. The molecule has 2 aliphatic heterocycles. The Morgan fingerprint density at radius 3 is 3.20 bits per heavy atom. The van der Waals surface area contributed by atoms with Gasteiger partial charge in [0.15, 0.2) is 6.10 Å². The van der Waals surface area contributed by atoms with Crippen LogP contribution in [0, 0.1) is 5.92 Å². The van der Waals surface area contributed by atoms with E-state index in [0.717, 1.165) is 19.4 Å². The number of carbonyl (C=O) groups is 1. The molecule has 15 heavy (non-hydrogen) atoms. The second-order valence-electron chi connectivity index (χ2n) is 4.48. The number of carbonyl (C=O) groups excluding carboxylic acids is 1. The standard InChI is InChI=1S/C11H15NO3/c1-2-6-7-4-3-5-12-8(7)10(9(6)13)15-11(12)14/h4,6,8-10,13H,2-3,5H2,1H3/t6-,8-,9+,10-/m0/s1. The molecule has 0 bridgehead atoms. The van der Waals surface area contributed by atoms with Crippen LogP contribution >= 0.6 is 0 Å². The lowest BCUT2D eigenvalue weighted by molar-refractivity contribution is 0.0218. The summed E-state index contributed by atoms with van der Waals surface area (Å²) in [7, 11) is 0. The summed E-state index contributed by atoms with van der Waals surface area (Å²) in [4.78, 5) is 13.3. The highest BCUT2D eigenvalue weighted by atomic mass is 16.6. The number of rotatable bonds is 1. The molecule has 0 aromatic rings. The molecule has 3 rings (SSSR count). The molecule has 82 valence electrons. The number of ether oxygens (including phenoxy) is 1. The molecule has 1 aliphatic carbocycles. The molecule has 0 aromatic heterocycles. The van der Waals surface area contributed by atoms with Gasteiger partial charge in [0.1, 0.15) is 0 Å². The molecule has 4 nitrogen and oxygen atoms in total. The summed E-state index contributed by atoms with van der Waals surface area (Å²) in [6.07, 6.45) is 2.87. The highest BCUT2D eigenvalue weighted by Gasteiger charge is 2.56. The molecule has 0 unspecified atom stereocenters. The molecule has 2 heterocycles. The predicted octanol–water partition coefficient (Wildman–Crippen LogP) is 0.907. The van der Waals surface area contributed by atoms with Crippen LogP contribution < -0.4 is 0 Å². The SMILES string of the molecule is CC[C@H]1C2=CCCN3C(=O)O[C@H]([C@@H]1O)[C@H]23. The van der Waals surface area contributed by atoms with Crippen molar-refractivity contribution in [1.82, 2.24) is 4.90 Å². The Morgan fingerprint density at radius 1 is 1.67 bits per heavy atom. The Kier molecular flexibility index (Phi) is 1.83. The molecule has 1 saturated heterocycles. The van der Waals surface area contributed by atoms with E-state index in [-0.39, 0.29) is 24.2 Å². The summed E-state index contributed by atoms with van der Waals surface area (Å²) in [6, 6.07) is 0.0196. The Bertz CT molecular complexity index is 339. The van der Waals surface area contributed by atoms with Gasteiger partial charge in [-0.1, -0.05) is 13.0 Å². The predicted molar refractivity (Wildman–Crippen MR) is 53.3 cm³/mol. The van der Waals surface area contributed by atoms with Gasteiger partial charge in [0.05, 0.1) is 12.1 Å². The van der Waals surface area contributed by atoms with E-state index in [0.29, 0.717) is 0 Å². The second kappa shape index (κ2) is 2.98. The Hall–Kier alpha value is -1.03. The Labute approximate surface area is 88.5 Å². The van der Waals surface area contributed by atoms with Crippen LogP contribution in [0.5, 0.6) is 0 Å². The van der Waals surface area contributed by atoms with Crippen molar-refractivity contribution in [3.8, 4) is 0 Å². The molecule has 1 amide bonds. The molecule has 2 fully saturated rings. The van der Waals surface area contributed by atoms with Gasteiger partial charge in [0.2, 0.25) is 0 Å². The Balaban J connectivity index is 2.02. The molecular weight excluding hydrogens is 194 g/mol. The fraction of sp³-hybridized carbons (Fsp3) is 0.727. The first-order valence-corrected chi connectivity index (χ1v) is 5.59. The van der Waals surface area contributed by atoms with Crippen molar-refractivity contribution < 1.29 is 14.6 Å². The molecule has 4 heteroatoms. The summed E-state index contributed by atoms with van der Waals surface area (Å²) in [5.74, 6) is 0.177. The van der Waals surface area contributed by atoms with E-state index in [4.69, 9.17) is 4.74 Å². The lowest BCUT2D eigenvalue weighted by atomic mass is 9.94. The highest BCUT2D eigenvalue weighted by Crippen LogP contribution is 2.44. The van der Waals surface area contributed by atoms with Gasteiger partial charge in [0, 0.05) is 12.5 Å². The van der Waals surface area contributed by atoms with Crippen molar-refractivity contribution >= 4 is 6.09 Å². The number of aliphatic hydroxyl groups is 1. The molecule has 3 aliphatic rings. The average molecular weight is 209 g/mol. The summed E-state index contributed by atoms with van der Waals surface area (Å²) in [6.45, 7) is 2.79. The average Bonchev–Trinajstić information content (AvgIpc) is 2.70. The molecule has 0 radical (unpaired) electrons. The van der Waals surface area contributed by atoms with Gasteiger partial charge in [-0.25, -0.2) is 4.79 Å².